The second-order valence-corrected chi connectivity index (χ2v) is 5.91. The zero-order valence-corrected chi connectivity index (χ0v) is 13.3. The Hall–Kier alpha value is -1.84. The topological polar surface area (TPSA) is 52.5 Å². The van der Waals surface area contributed by atoms with E-state index in [0.29, 0.717) is 6.04 Å². The van der Waals surface area contributed by atoms with Gasteiger partial charge in [-0.1, -0.05) is 50.2 Å². The highest BCUT2D eigenvalue weighted by Gasteiger charge is 2.18. The van der Waals surface area contributed by atoms with Crippen LogP contribution in [0.1, 0.15) is 42.9 Å². The van der Waals surface area contributed by atoms with Crippen LogP contribution in [0.4, 0.5) is 0 Å². The van der Waals surface area contributed by atoms with E-state index in [-0.39, 0.29) is 18.3 Å². The number of hydrogen-bond acceptors (Lipinski definition) is 3. The normalized spacial score (nSPS) is 12.5. The van der Waals surface area contributed by atoms with Gasteiger partial charge in [0, 0.05) is 17.5 Å². The lowest BCUT2D eigenvalue weighted by molar-refractivity contribution is 0.281. The molecule has 0 saturated carbocycles. The quantitative estimate of drug-likeness (QED) is 0.734. The molecule has 0 radical (unpaired) electrons. The molecule has 3 heteroatoms. The van der Waals surface area contributed by atoms with Gasteiger partial charge < -0.3 is 15.5 Å². The highest BCUT2D eigenvalue weighted by Crippen LogP contribution is 2.34. The Bertz CT molecular complexity index is 581. The molecule has 0 aliphatic heterocycles. The van der Waals surface area contributed by atoms with Gasteiger partial charge in [-0.2, -0.15) is 0 Å². The Morgan fingerprint density at radius 3 is 2.41 bits per heavy atom. The van der Waals surface area contributed by atoms with Crippen molar-refractivity contribution >= 4 is 0 Å². The molecule has 1 unspecified atom stereocenters. The van der Waals surface area contributed by atoms with Crippen molar-refractivity contribution in [2.24, 2.45) is 0 Å². The van der Waals surface area contributed by atoms with E-state index >= 15 is 0 Å². The monoisotopic (exact) mass is 299 g/mol. The maximum atomic E-state index is 10.3. The molecule has 3 N–H and O–H groups in total. The van der Waals surface area contributed by atoms with Crippen LogP contribution in [0.3, 0.4) is 0 Å². The van der Waals surface area contributed by atoms with Gasteiger partial charge in [0.25, 0.3) is 0 Å². The second kappa shape index (κ2) is 7.97. The number of phenols is 1. The van der Waals surface area contributed by atoms with E-state index in [4.69, 9.17) is 0 Å². The minimum absolute atomic E-state index is 0.0148. The van der Waals surface area contributed by atoms with Crippen LogP contribution in [0.5, 0.6) is 5.75 Å². The van der Waals surface area contributed by atoms with Crippen LogP contribution in [0, 0.1) is 0 Å². The number of rotatable bonds is 7. The van der Waals surface area contributed by atoms with Crippen LogP contribution in [0.25, 0.3) is 0 Å². The Morgan fingerprint density at radius 1 is 1.05 bits per heavy atom. The maximum absolute atomic E-state index is 10.3. The van der Waals surface area contributed by atoms with Crippen LogP contribution >= 0.6 is 0 Å². The molecule has 0 amide bonds. The molecule has 2 aromatic carbocycles. The first-order valence-corrected chi connectivity index (χ1v) is 7.82. The first kappa shape index (κ1) is 16.5. The van der Waals surface area contributed by atoms with Crippen molar-refractivity contribution in [1.29, 1.82) is 0 Å². The van der Waals surface area contributed by atoms with Gasteiger partial charge in [-0.25, -0.2) is 0 Å². The number of aliphatic hydroxyl groups is 1. The van der Waals surface area contributed by atoms with E-state index in [1.165, 1.54) is 5.56 Å². The summed E-state index contributed by atoms with van der Waals surface area (Å²) < 4.78 is 0. The summed E-state index contributed by atoms with van der Waals surface area (Å²) in [5.41, 5.74) is 2.88. The summed E-state index contributed by atoms with van der Waals surface area (Å²) in [6.07, 6.45) is 0.893. The molecule has 0 aromatic heterocycles. The predicted molar refractivity (Wildman–Crippen MR) is 90.1 cm³/mol. The van der Waals surface area contributed by atoms with Gasteiger partial charge in [0.1, 0.15) is 5.75 Å². The summed E-state index contributed by atoms with van der Waals surface area (Å²) >= 11 is 0. The summed E-state index contributed by atoms with van der Waals surface area (Å²) in [4.78, 5) is 0. The fourth-order valence-electron chi connectivity index (χ4n) is 2.68. The molecule has 0 bridgehead atoms. The van der Waals surface area contributed by atoms with Crippen molar-refractivity contribution in [2.45, 2.75) is 38.8 Å². The van der Waals surface area contributed by atoms with Crippen molar-refractivity contribution in [1.82, 2.24) is 5.32 Å². The van der Waals surface area contributed by atoms with E-state index in [1.54, 1.807) is 12.1 Å². The van der Waals surface area contributed by atoms with Crippen molar-refractivity contribution < 1.29 is 10.2 Å². The Balaban J connectivity index is 2.31. The summed E-state index contributed by atoms with van der Waals surface area (Å²) in [6, 6.07) is 16.0. The van der Waals surface area contributed by atoms with E-state index < -0.39 is 0 Å². The number of hydrogen-bond donors (Lipinski definition) is 3. The number of aliphatic hydroxyl groups excluding tert-OH is 1. The molecule has 0 spiro atoms. The molecular weight excluding hydrogens is 274 g/mol. The van der Waals surface area contributed by atoms with E-state index in [0.717, 1.165) is 24.1 Å². The highest BCUT2D eigenvalue weighted by molar-refractivity contribution is 5.43. The van der Waals surface area contributed by atoms with Gasteiger partial charge in [-0.3, -0.25) is 0 Å². The highest BCUT2D eigenvalue weighted by atomic mass is 16.3. The Morgan fingerprint density at radius 2 is 1.77 bits per heavy atom. The van der Waals surface area contributed by atoms with Crippen LogP contribution in [-0.2, 0) is 6.61 Å². The lowest BCUT2D eigenvalue weighted by Gasteiger charge is -2.21. The maximum Gasteiger partial charge on any atom is 0.119 e. The van der Waals surface area contributed by atoms with E-state index in [2.05, 4.69) is 31.3 Å². The van der Waals surface area contributed by atoms with Gasteiger partial charge in [0.2, 0.25) is 0 Å². The first-order chi connectivity index (χ1) is 10.6. The number of benzene rings is 2. The van der Waals surface area contributed by atoms with Crippen molar-refractivity contribution in [2.75, 3.05) is 6.54 Å². The molecule has 0 fully saturated rings. The summed E-state index contributed by atoms with van der Waals surface area (Å²) in [5, 5.41) is 23.1. The molecule has 0 saturated heterocycles. The van der Waals surface area contributed by atoms with Gasteiger partial charge in [-0.15, -0.1) is 0 Å². The lowest BCUT2D eigenvalue weighted by atomic mass is 9.87. The van der Waals surface area contributed by atoms with Gasteiger partial charge in [0.05, 0.1) is 6.61 Å². The third-order valence-corrected chi connectivity index (χ3v) is 3.84. The Kier molecular flexibility index (Phi) is 5.99. The largest absolute Gasteiger partial charge is 0.508 e. The number of nitrogens with one attached hydrogen (secondary N) is 1. The third-order valence-electron chi connectivity index (χ3n) is 3.84. The minimum atomic E-state index is -0.0148. The molecular formula is C19H25NO2. The molecule has 1 atom stereocenters. The van der Waals surface area contributed by atoms with Crippen LogP contribution in [0.2, 0.25) is 0 Å². The van der Waals surface area contributed by atoms with Crippen molar-refractivity contribution in [3.8, 4) is 5.75 Å². The van der Waals surface area contributed by atoms with E-state index in [9.17, 15) is 10.2 Å². The summed E-state index contributed by atoms with van der Waals surface area (Å²) in [5.74, 6) is 0.398. The number of phenolic OH excluding ortho intramolecular Hbond substituents is 1. The second-order valence-electron chi connectivity index (χ2n) is 5.91. The fraction of sp³-hybridized carbons (Fsp3) is 0.368. The van der Waals surface area contributed by atoms with Gasteiger partial charge in [0.15, 0.2) is 0 Å². The lowest BCUT2D eigenvalue weighted by Crippen LogP contribution is -2.25. The molecule has 0 aliphatic rings. The molecule has 3 nitrogen and oxygen atoms in total. The third kappa shape index (κ3) is 4.33. The molecule has 2 aromatic rings. The summed E-state index contributed by atoms with van der Waals surface area (Å²) in [7, 11) is 0. The van der Waals surface area contributed by atoms with Crippen molar-refractivity contribution in [3.05, 3.63) is 65.2 Å². The fourth-order valence-corrected chi connectivity index (χ4v) is 2.68. The van der Waals surface area contributed by atoms with Crippen LogP contribution < -0.4 is 5.32 Å². The zero-order chi connectivity index (χ0) is 15.9. The smallest absolute Gasteiger partial charge is 0.119 e. The zero-order valence-electron chi connectivity index (χ0n) is 13.3. The standard InChI is InChI=1S/C19H25NO2/c1-14(2)20-11-10-17(16-6-4-3-5-7-16)18-12-15(13-21)8-9-19(18)22/h3-9,12,14,17,20-22H,10-11,13H2,1-2H3. The van der Waals surface area contributed by atoms with Crippen molar-refractivity contribution in [3.63, 3.8) is 0 Å². The minimum Gasteiger partial charge on any atom is -0.508 e. The van der Waals surface area contributed by atoms with E-state index in [1.807, 2.05) is 24.3 Å². The molecule has 118 valence electrons. The van der Waals surface area contributed by atoms with Gasteiger partial charge >= 0.3 is 0 Å². The van der Waals surface area contributed by atoms with Crippen LogP contribution in [-0.4, -0.2) is 22.8 Å². The molecule has 0 heterocycles. The molecule has 22 heavy (non-hydrogen) atoms. The summed E-state index contributed by atoms with van der Waals surface area (Å²) in [6.45, 7) is 5.11. The predicted octanol–water partition coefficient (Wildman–Crippen LogP) is 3.40. The average molecular weight is 299 g/mol. The number of aromatic hydroxyl groups is 1. The molecule has 2 rings (SSSR count). The SMILES string of the molecule is CC(C)NCCC(c1ccccc1)c1cc(CO)ccc1O. The average Bonchev–Trinajstić information content (AvgIpc) is 2.53. The van der Waals surface area contributed by atoms with Crippen LogP contribution in [0.15, 0.2) is 48.5 Å². The molecule has 0 aliphatic carbocycles. The Labute approximate surface area is 132 Å². The first-order valence-electron chi connectivity index (χ1n) is 7.82. The van der Waals surface area contributed by atoms with Gasteiger partial charge in [-0.05, 0) is 36.2 Å².